The van der Waals surface area contributed by atoms with E-state index >= 15 is 0 Å². The summed E-state index contributed by atoms with van der Waals surface area (Å²) in [5.74, 6) is -3.75. The van der Waals surface area contributed by atoms with Crippen molar-refractivity contribution in [2.45, 2.75) is 172 Å². The smallest absolute Gasteiger partial charge is 0.462 e. The molecule has 0 radical (unpaired) electrons. The molecule has 0 amide bonds. The van der Waals surface area contributed by atoms with Crippen LogP contribution in [-0.2, 0) is 46.3 Å². The van der Waals surface area contributed by atoms with Crippen molar-refractivity contribution in [3.05, 3.63) is 47.1 Å². The molecule has 2 aliphatic heterocycles. The van der Waals surface area contributed by atoms with E-state index in [9.17, 15) is 58.8 Å². The second kappa shape index (κ2) is 29.2. The highest BCUT2D eigenvalue weighted by atomic mass is 31.3. The van der Waals surface area contributed by atoms with E-state index < -0.39 is 127 Å². The number of phosphoric acid groups is 2. The molecule has 2 unspecified atom stereocenters. The Hall–Kier alpha value is -2.88. The molecule has 0 aliphatic carbocycles. The van der Waals surface area contributed by atoms with Crippen molar-refractivity contribution in [2.75, 3.05) is 25.6 Å². The van der Waals surface area contributed by atoms with Crippen molar-refractivity contribution in [1.29, 1.82) is 0 Å². The average Bonchev–Trinajstić information content (AvgIpc) is 3.23. The molecule has 66 heavy (non-hydrogen) atoms. The zero-order chi connectivity index (χ0) is 48.9. The van der Waals surface area contributed by atoms with E-state index in [4.69, 9.17) is 29.0 Å². The highest BCUT2D eigenvalue weighted by Gasteiger charge is 2.45. The van der Waals surface area contributed by atoms with E-state index in [0.717, 1.165) is 55.7 Å². The number of cyclic esters (lactones) is 1. The maximum atomic E-state index is 13.3. The van der Waals surface area contributed by atoms with Crippen molar-refractivity contribution < 1.29 is 81.6 Å². The van der Waals surface area contributed by atoms with Gasteiger partial charge in [0.05, 0.1) is 44.1 Å². The summed E-state index contributed by atoms with van der Waals surface area (Å²) in [6.07, 6.45) is 2.65. The molecule has 3 rings (SSSR count). The Bertz CT molecular complexity index is 1830. The molecule has 1 aromatic heterocycles. The number of nitrogens with two attached hydrogens (primary N) is 1. The largest absolute Gasteiger partial charge is 0.481 e. The Kier molecular flexibility index (Phi) is 25.4. The van der Waals surface area contributed by atoms with Crippen molar-refractivity contribution in [3.8, 4) is 0 Å². The minimum Gasteiger partial charge on any atom is -0.462 e. The van der Waals surface area contributed by atoms with Crippen LogP contribution in [0, 0.1) is 17.8 Å². The van der Waals surface area contributed by atoms with Crippen molar-refractivity contribution in [1.82, 2.24) is 9.55 Å². The Morgan fingerprint density at radius 1 is 0.924 bits per heavy atom. The van der Waals surface area contributed by atoms with Crippen LogP contribution in [0.5, 0.6) is 0 Å². The Labute approximate surface area is 386 Å². The molecular weight excluding hydrogens is 908 g/mol. The number of phosphoric ester groups is 2. The number of rotatable bonds is 19. The van der Waals surface area contributed by atoms with Gasteiger partial charge in [-0.1, -0.05) is 109 Å². The van der Waals surface area contributed by atoms with Gasteiger partial charge in [-0.05, 0) is 31.2 Å². The van der Waals surface area contributed by atoms with Crippen LogP contribution in [0.1, 0.15) is 130 Å². The van der Waals surface area contributed by atoms with Gasteiger partial charge in [0.1, 0.15) is 30.9 Å². The number of aliphatic hydroxyl groups excluding tert-OH is 5. The van der Waals surface area contributed by atoms with E-state index in [1.807, 2.05) is 6.92 Å². The normalized spacial score (nSPS) is 32.0. The molecule has 1 fully saturated rings. The van der Waals surface area contributed by atoms with Gasteiger partial charge >= 0.3 is 33.3 Å². The zero-order valence-electron chi connectivity index (χ0n) is 38.2. The number of fused-ring (bicyclic) bond motifs is 3. The fourth-order valence-electron chi connectivity index (χ4n) is 7.58. The molecular formula is C43H73N3O18P2. The number of aromatic nitrogens is 2. The molecule has 0 aromatic carbocycles. The summed E-state index contributed by atoms with van der Waals surface area (Å²) < 4.78 is 58.3. The van der Waals surface area contributed by atoms with Gasteiger partial charge in [-0.25, -0.2) is 13.9 Å². The summed E-state index contributed by atoms with van der Waals surface area (Å²) >= 11 is 0. The number of allylic oxidation sites excluding steroid dienone is 1. The van der Waals surface area contributed by atoms with Crippen LogP contribution in [0.25, 0.3) is 0 Å². The minimum absolute atomic E-state index is 0.0594. The second-order valence-electron chi connectivity index (χ2n) is 17.4. The van der Waals surface area contributed by atoms with Crippen LogP contribution >= 0.6 is 15.6 Å². The van der Waals surface area contributed by atoms with Crippen LogP contribution in [-0.4, -0.2) is 119 Å². The highest BCUT2D eigenvalue weighted by Crippen LogP contribution is 2.60. The number of hydrogen-bond donors (Lipinski definition) is 8. The summed E-state index contributed by atoms with van der Waals surface area (Å²) in [6.45, 7) is 3.61. The van der Waals surface area contributed by atoms with Gasteiger partial charge in [0.15, 0.2) is 6.10 Å². The van der Waals surface area contributed by atoms with Crippen LogP contribution in [0.4, 0.5) is 5.82 Å². The number of unbranched alkanes of at least 4 members (excludes halogenated alkanes) is 8. The lowest BCUT2D eigenvalue weighted by Crippen LogP contribution is -2.52. The third-order valence-corrected chi connectivity index (χ3v) is 13.9. The molecule has 1 saturated heterocycles. The van der Waals surface area contributed by atoms with Gasteiger partial charge in [0.2, 0.25) is 0 Å². The quantitative estimate of drug-likeness (QED) is 0.0409. The number of carbonyl (C=O) groups excluding carboxylic acids is 2. The molecule has 12 atom stereocenters. The fraction of sp³-hybridized carbons (Fsp3) is 0.767. The standard InChI is InChI=1S/C43H73N3O18P2/c1-4-5-11-17-30(47)21-22-32-34(48)25-35(49)33-18-14-15-20-39(51)62-31(26-59-38(50)19-13-10-8-6-7-9-12-16-29(2)3)27-60-65(55,56)64-66(57,58)61-28-36(41(53)40(32)52)63-42(33)46-24-23-37(44)45-43(46)54/h14-15,21-24,29-36,40-42,47-49,52-53H,4-13,16-20,25-28H2,1-3H3,(H,55,56)(H,57,58)(H2,44,45,54)/b15-14-,22-21?/t30-,31-,32+,33-,34-,35+,36-,40+,41-,42-/m1/s1. The Morgan fingerprint density at radius 2 is 1.58 bits per heavy atom. The topological polar surface area (TPSA) is 326 Å². The lowest BCUT2D eigenvalue weighted by molar-refractivity contribution is -0.194. The molecule has 2 bridgehead atoms. The van der Waals surface area contributed by atoms with Gasteiger partial charge < -0.3 is 55.3 Å². The third kappa shape index (κ3) is 21.2. The molecule has 9 N–H and O–H groups in total. The first-order valence-corrected chi connectivity index (χ1v) is 26.0. The van der Waals surface area contributed by atoms with E-state index in [1.54, 1.807) is 0 Å². The van der Waals surface area contributed by atoms with Gasteiger partial charge in [0, 0.05) is 30.9 Å². The SMILES string of the molecule is CCCCC[C@@H](O)C=C[C@@H]1[C@H](O)[C@H](O)[C@H]2COP(=O)(O)OP(=O)(O)OC[C@@H](COC(=O)CCCCCCCCCC(C)C)OC(=O)C/C=C\C[C@@H]([C@H](n3ccc(N)nc3=O)O2)[C@@H](O)C[C@H]1O. The van der Waals surface area contributed by atoms with E-state index in [-0.39, 0.29) is 18.7 Å². The number of nitrogens with zero attached hydrogens (tertiary/aromatic N) is 2. The lowest BCUT2D eigenvalue weighted by atomic mass is 9.82. The summed E-state index contributed by atoms with van der Waals surface area (Å²) in [7, 11) is -11.2. The van der Waals surface area contributed by atoms with Gasteiger partial charge in [-0.2, -0.15) is 9.29 Å². The monoisotopic (exact) mass is 981 g/mol. The molecule has 3 heterocycles. The third-order valence-electron chi connectivity index (χ3n) is 11.3. The molecule has 23 heteroatoms. The number of nitrogen functional groups attached to an aromatic ring is 1. The van der Waals surface area contributed by atoms with Crippen LogP contribution < -0.4 is 11.4 Å². The number of ether oxygens (including phenoxy) is 3. The van der Waals surface area contributed by atoms with Crippen LogP contribution in [0.15, 0.2) is 41.4 Å². The number of carbonyl (C=O) groups is 2. The van der Waals surface area contributed by atoms with Crippen LogP contribution in [0.3, 0.4) is 0 Å². The molecule has 2 aliphatic rings. The first-order valence-electron chi connectivity index (χ1n) is 23.0. The van der Waals surface area contributed by atoms with E-state index in [1.165, 1.54) is 43.2 Å². The summed E-state index contributed by atoms with van der Waals surface area (Å²) in [5.41, 5.74) is 4.72. The number of anilines is 1. The van der Waals surface area contributed by atoms with Gasteiger partial charge in [-0.3, -0.25) is 23.2 Å². The molecule has 378 valence electrons. The van der Waals surface area contributed by atoms with Gasteiger partial charge in [-0.15, -0.1) is 0 Å². The molecule has 0 saturated carbocycles. The van der Waals surface area contributed by atoms with Crippen molar-refractivity contribution in [3.63, 3.8) is 0 Å². The van der Waals surface area contributed by atoms with Crippen LogP contribution in [0.2, 0.25) is 0 Å². The van der Waals surface area contributed by atoms with E-state index in [2.05, 4.69) is 23.1 Å². The molecule has 1 aromatic rings. The summed E-state index contributed by atoms with van der Waals surface area (Å²) in [5, 5.41) is 57.1. The zero-order valence-corrected chi connectivity index (χ0v) is 40.0. The van der Waals surface area contributed by atoms with Gasteiger partial charge in [0.25, 0.3) is 0 Å². The Morgan fingerprint density at radius 3 is 2.24 bits per heavy atom. The average molecular weight is 982 g/mol. The summed E-state index contributed by atoms with van der Waals surface area (Å²) in [6, 6.07) is 1.22. The minimum atomic E-state index is -5.68. The number of esters is 2. The van der Waals surface area contributed by atoms with E-state index in [0.29, 0.717) is 25.2 Å². The van der Waals surface area contributed by atoms with Crippen molar-refractivity contribution >= 4 is 33.4 Å². The number of hydrogen-bond acceptors (Lipinski definition) is 18. The fourth-order valence-corrected chi connectivity index (χ4v) is 9.69. The maximum absolute atomic E-state index is 13.3. The first-order chi connectivity index (χ1) is 31.2. The number of aliphatic hydroxyl groups is 5. The second-order valence-corrected chi connectivity index (χ2v) is 20.4. The highest BCUT2D eigenvalue weighted by molar-refractivity contribution is 7.61. The molecule has 0 spiro atoms. The predicted molar refractivity (Wildman–Crippen MR) is 240 cm³/mol. The summed E-state index contributed by atoms with van der Waals surface area (Å²) in [4.78, 5) is 63.8. The maximum Gasteiger partial charge on any atom is 0.481 e. The lowest BCUT2D eigenvalue weighted by Gasteiger charge is -2.40. The predicted octanol–water partition coefficient (Wildman–Crippen LogP) is 4.51. The first kappa shape index (κ1) is 57.4. The Balaban J connectivity index is 1.92. The molecule has 21 nitrogen and oxygen atoms in total. The van der Waals surface area contributed by atoms with Crippen molar-refractivity contribution in [2.24, 2.45) is 17.8 Å².